The zero-order valence-corrected chi connectivity index (χ0v) is 11.7. The second-order valence-corrected chi connectivity index (χ2v) is 6.02. The number of nitrogens with zero attached hydrogens (tertiary/aromatic N) is 3. The molecule has 20 heavy (non-hydrogen) atoms. The first-order valence-electron chi connectivity index (χ1n) is 6.55. The highest BCUT2D eigenvalue weighted by Crippen LogP contribution is 2.28. The summed E-state index contributed by atoms with van der Waals surface area (Å²) in [7, 11) is 0. The first-order chi connectivity index (χ1) is 9.83. The second kappa shape index (κ2) is 6.08. The number of H-pyrrole nitrogens is 1. The van der Waals surface area contributed by atoms with Crippen molar-refractivity contribution in [3.8, 4) is 11.6 Å². The van der Waals surface area contributed by atoms with E-state index in [0.717, 1.165) is 6.42 Å². The van der Waals surface area contributed by atoms with Crippen LogP contribution in [0.4, 0.5) is 0 Å². The number of hydrogen-bond donors (Lipinski definition) is 2. The van der Waals surface area contributed by atoms with Gasteiger partial charge < -0.3 is 9.73 Å². The molecule has 1 amide bonds. The van der Waals surface area contributed by atoms with Gasteiger partial charge in [0, 0.05) is 17.9 Å². The molecule has 1 unspecified atom stereocenters. The summed E-state index contributed by atoms with van der Waals surface area (Å²) in [6.45, 7) is 0.694. The van der Waals surface area contributed by atoms with Crippen LogP contribution in [0.1, 0.15) is 29.6 Å². The van der Waals surface area contributed by atoms with Gasteiger partial charge in [-0.1, -0.05) is 0 Å². The number of rotatable bonds is 5. The van der Waals surface area contributed by atoms with Crippen LogP contribution in [0, 0.1) is 0 Å². The number of aromatic nitrogens is 4. The highest BCUT2D eigenvalue weighted by atomic mass is 32.2. The molecule has 106 valence electrons. The Morgan fingerprint density at radius 1 is 1.60 bits per heavy atom. The molecule has 1 aliphatic heterocycles. The summed E-state index contributed by atoms with van der Waals surface area (Å²) < 4.78 is 5.26. The third-order valence-corrected chi connectivity index (χ3v) is 4.67. The Morgan fingerprint density at radius 3 is 3.30 bits per heavy atom. The summed E-state index contributed by atoms with van der Waals surface area (Å²) >= 11 is 2.00. The van der Waals surface area contributed by atoms with Crippen molar-refractivity contribution in [2.24, 2.45) is 0 Å². The average Bonchev–Trinajstić information content (AvgIpc) is 3.20. The van der Waals surface area contributed by atoms with Crippen LogP contribution < -0.4 is 5.32 Å². The molecule has 2 aromatic rings. The van der Waals surface area contributed by atoms with Gasteiger partial charge in [0.15, 0.2) is 5.76 Å². The predicted octanol–water partition coefficient (Wildman–Crippen LogP) is 1.48. The molecule has 2 aromatic heterocycles. The minimum absolute atomic E-state index is 0.133. The number of hydrogen-bond acceptors (Lipinski definition) is 6. The smallest absolute Gasteiger partial charge is 0.254 e. The summed E-state index contributed by atoms with van der Waals surface area (Å²) in [6.07, 6.45) is 4.98. The molecule has 0 aliphatic carbocycles. The summed E-state index contributed by atoms with van der Waals surface area (Å²) in [5.74, 6) is 1.88. The largest absolute Gasteiger partial charge is 0.460 e. The fourth-order valence-electron chi connectivity index (χ4n) is 2.16. The molecule has 1 atom stereocenters. The molecule has 1 aliphatic rings. The molecule has 3 rings (SSSR count). The Hall–Kier alpha value is -1.83. The van der Waals surface area contributed by atoms with Crippen molar-refractivity contribution < 1.29 is 9.21 Å². The lowest BCUT2D eigenvalue weighted by atomic mass is 10.2. The van der Waals surface area contributed by atoms with Crippen LogP contribution in [0.15, 0.2) is 16.7 Å². The van der Waals surface area contributed by atoms with E-state index in [1.54, 1.807) is 6.07 Å². The maximum Gasteiger partial charge on any atom is 0.254 e. The van der Waals surface area contributed by atoms with Crippen molar-refractivity contribution in [3.63, 3.8) is 0 Å². The number of carbonyl (C=O) groups excluding carboxylic acids is 1. The number of amides is 1. The van der Waals surface area contributed by atoms with Crippen LogP contribution in [-0.2, 0) is 0 Å². The summed E-state index contributed by atoms with van der Waals surface area (Å²) in [5.41, 5.74) is 0.476. The van der Waals surface area contributed by atoms with Gasteiger partial charge in [-0.15, -0.1) is 10.2 Å². The summed E-state index contributed by atoms with van der Waals surface area (Å²) in [6, 6.07) is 1.62. The lowest BCUT2D eigenvalue weighted by Gasteiger charge is -2.08. The second-order valence-electron chi connectivity index (χ2n) is 4.61. The number of tetrazole rings is 1. The lowest BCUT2D eigenvalue weighted by molar-refractivity contribution is 0.0952. The fourth-order valence-corrected chi connectivity index (χ4v) is 3.44. The molecule has 0 saturated carbocycles. The predicted molar refractivity (Wildman–Crippen MR) is 74.3 cm³/mol. The lowest BCUT2D eigenvalue weighted by Crippen LogP contribution is -2.25. The van der Waals surface area contributed by atoms with Gasteiger partial charge in [0.05, 0.1) is 5.56 Å². The number of furan rings is 1. The minimum atomic E-state index is -0.133. The molecule has 1 fully saturated rings. The Balaban J connectivity index is 1.52. The van der Waals surface area contributed by atoms with E-state index >= 15 is 0 Å². The number of carbonyl (C=O) groups is 1. The Labute approximate surface area is 119 Å². The molecule has 0 spiro atoms. The molecular weight excluding hydrogens is 278 g/mol. The van der Waals surface area contributed by atoms with Gasteiger partial charge in [-0.25, -0.2) is 0 Å². The topological polar surface area (TPSA) is 96.7 Å². The van der Waals surface area contributed by atoms with E-state index in [0.29, 0.717) is 28.9 Å². The molecular formula is C12H15N5O2S. The zero-order valence-electron chi connectivity index (χ0n) is 10.8. The highest BCUT2D eigenvalue weighted by molar-refractivity contribution is 8.00. The molecule has 3 heterocycles. The van der Waals surface area contributed by atoms with Crippen molar-refractivity contribution in [1.29, 1.82) is 0 Å². The van der Waals surface area contributed by atoms with Gasteiger partial charge in [0.2, 0.25) is 5.82 Å². The number of aromatic amines is 1. The molecule has 8 heteroatoms. The molecule has 0 aromatic carbocycles. The number of nitrogens with one attached hydrogen (secondary N) is 2. The third-order valence-electron chi connectivity index (χ3n) is 3.20. The summed E-state index contributed by atoms with van der Waals surface area (Å²) in [5, 5.41) is 17.0. The maximum absolute atomic E-state index is 12.0. The monoisotopic (exact) mass is 293 g/mol. The van der Waals surface area contributed by atoms with E-state index in [9.17, 15) is 4.79 Å². The summed E-state index contributed by atoms with van der Waals surface area (Å²) in [4.78, 5) is 12.0. The van der Waals surface area contributed by atoms with E-state index in [4.69, 9.17) is 4.42 Å². The van der Waals surface area contributed by atoms with Crippen molar-refractivity contribution in [1.82, 2.24) is 25.9 Å². The molecule has 7 nitrogen and oxygen atoms in total. The van der Waals surface area contributed by atoms with E-state index < -0.39 is 0 Å². The fraction of sp³-hybridized carbons (Fsp3) is 0.500. The first kappa shape index (κ1) is 13.2. The zero-order chi connectivity index (χ0) is 13.8. The first-order valence-corrected chi connectivity index (χ1v) is 7.60. The van der Waals surface area contributed by atoms with E-state index in [1.165, 1.54) is 24.9 Å². The molecule has 0 bridgehead atoms. The van der Waals surface area contributed by atoms with E-state index in [1.807, 2.05) is 11.8 Å². The quantitative estimate of drug-likeness (QED) is 0.866. The van der Waals surface area contributed by atoms with Crippen molar-refractivity contribution >= 4 is 17.7 Å². The molecule has 0 radical (unpaired) electrons. The van der Waals surface area contributed by atoms with Crippen molar-refractivity contribution in [3.05, 3.63) is 17.9 Å². The number of thioether (sulfide) groups is 1. The van der Waals surface area contributed by atoms with Gasteiger partial charge in [-0.2, -0.15) is 17.0 Å². The van der Waals surface area contributed by atoms with Crippen LogP contribution >= 0.6 is 11.8 Å². The standard InChI is InChI=1S/C12H15N5O2S/c18-12(13-4-3-9-2-1-5-20-9)8-6-10(19-7-8)11-14-16-17-15-11/h6-7,9H,1-5H2,(H,13,18)(H,14,15,16,17). The Bertz CT molecular complexity index is 562. The van der Waals surface area contributed by atoms with Crippen molar-refractivity contribution in [2.75, 3.05) is 12.3 Å². The molecule has 2 N–H and O–H groups in total. The Kier molecular flexibility index (Phi) is 4.00. The van der Waals surface area contributed by atoms with Crippen LogP contribution in [-0.4, -0.2) is 44.1 Å². The van der Waals surface area contributed by atoms with Gasteiger partial charge in [-0.3, -0.25) is 4.79 Å². The molecule has 1 saturated heterocycles. The minimum Gasteiger partial charge on any atom is -0.460 e. The van der Waals surface area contributed by atoms with Gasteiger partial charge in [-0.05, 0) is 30.2 Å². The van der Waals surface area contributed by atoms with Gasteiger partial charge in [0.1, 0.15) is 6.26 Å². The van der Waals surface area contributed by atoms with Crippen LogP contribution in [0.25, 0.3) is 11.6 Å². The van der Waals surface area contributed by atoms with Crippen LogP contribution in [0.5, 0.6) is 0 Å². The van der Waals surface area contributed by atoms with Crippen LogP contribution in [0.2, 0.25) is 0 Å². The Morgan fingerprint density at radius 2 is 2.55 bits per heavy atom. The van der Waals surface area contributed by atoms with Crippen molar-refractivity contribution in [2.45, 2.75) is 24.5 Å². The highest BCUT2D eigenvalue weighted by Gasteiger charge is 2.17. The SMILES string of the molecule is O=C(NCCC1CCCS1)c1coc(-c2nn[nH]n2)c1. The van der Waals surface area contributed by atoms with E-state index in [2.05, 4.69) is 25.9 Å². The van der Waals surface area contributed by atoms with Crippen LogP contribution in [0.3, 0.4) is 0 Å². The average molecular weight is 293 g/mol. The normalized spacial score (nSPS) is 18.3. The van der Waals surface area contributed by atoms with E-state index in [-0.39, 0.29) is 5.91 Å². The maximum atomic E-state index is 12.0. The third kappa shape index (κ3) is 3.01. The van der Waals surface area contributed by atoms with Gasteiger partial charge >= 0.3 is 0 Å². The van der Waals surface area contributed by atoms with Gasteiger partial charge in [0.25, 0.3) is 5.91 Å².